The lowest BCUT2D eigenvalue weighted by molar-refractivity contribution is 0.103. The van der Waals surface area contributed by atoms with Gasteiger partial charge < -0.3 is 0 Å². The molecule has 1 aromatic heterocycles. The van der Waals surface area contributed by atoms with E-state index < -0.39 is 0 Å². The van der Waals surface area contributed by atoms with Crippen LogP contribution in [0.25, 0.3) is 0 Å². The maximum atomic E-state index is 12.4. The number of pyridine rings is 1. The first-order valence-corrected chi connectivity index (χ1v) is 5.73. The summed E-state index contributed by atoms with van der Waals surface area (Å²) in [5.41, 5.74) is 3.46. The Morgan fingerprint density at radius 3 is 2.72 bits per heavy atom. The number of hydrogen-bond acceptors (Lipinski definition) is 4. The van der Waals surface area contributed by atoms with Gasteiger partial charge in [0.25, 0.3) is 0 Å². The van der Waals surface area contributed by atoms with Crippen molar-refractivity contribution < 1.29 is 4.79 Å². The van der Waals surface area contributed by atoms with Crippen LogP contribution in [0.3, 0.4) is 0 Å². The zero-order chi connectivity index (χ0) is 12.5. The molecule has 0 radical (unpaired) electrons. The van der Waals surface area contributed by atoms with Crippen LogP contribution in [-0.2, 0) is 12.8 Å². The lowest BCUT2D eigenvalue weighted by Crippen LogP contribution is -2.04. The lowest BCUT2D eigenvalue weighted by Gasteiger charge is -2.04. The van der Waals surface area contributed by atoms with E-state index in [9.17, 15) is 9.70 Å². The van der Waals surface area contributed by atoms with Gasteiger partial charge in [-0.05, 0) is 47.3 Å². The third kappa shape index (κ3) is 1.62. The highest BCUT2D eigenvalue weighted by molar-refractivity contribution is 6.11. The second-order valence-corrected chi connectivity index (χ2v) is 4.29. The molecule has 3 rings (SSSR count). The average molecular weight is 238 g/mol. The van der Waals surface area contributed by atoms with Crippen LogP contribution in [-0.4, -0.2) is 10.8 Å². The first-order chi connectivity index (χ1) is 8.79. The monoisotopic (exact) mass is 238 g/mol. The highest BCUT2D eigenvalue weighted by Crippen LogP contribution is 2.27. The number of carbonyl (C=O) groups excluding carboxylic acids is 1. The fraction of sp³-hybridized carbons (Fsp3) is 0.143. The third-order valence-electron chi connectivity index (χ3n) is 3.26. The number of hydrogen-bond donors (Lipinski definition) is 0. The Labute approximate surface area is 104 Å². The fourth-order valence-electron chi connectivity index (χ4n) is 2.31. The SMILES string of the molecule is O=Nc1ccc2c(c1)C(=O)c1ccncc1CC2. The molecule has 0 saturated heterocycles. The maximum Gasteiger partial charge on any atom is 0.193 e. The molecule has 0 unspecified atom stereocenters. The van der Waals surface area contributed by atoms with Crippen molar-refractivity contribution in [3.63, 3.8) is 0 Å². The number of benzene rings is 1. The molecule has 18 heavy (non-hydrogen) atoms. The first-order valence-electron chi connectivity index (χ1n) is 5.73. The summed E-state index contributed by atoms with van der Waals surface area (Å²) < 4.78 is 0. The first kappa shape index (κ1) is 10.8. The summed E-state index contributed by atoms with van der Waals surface area (Å²) in [4.78, 5) is 27.0. The van der Waals surface area contributed by atoms with Gasteiger partial charge >= 0.3 is 0 Å². The van der Waals surface area contributed by atoms with E-state index in [1.807, 2.05) is 6.07 Å². The summed E-state index contributed by atoms with van der Waals surface area (Å²) in [5, 5.41) is 2.89. The zero-order valence-corrected chi connectivity index (χ0v) is 9.59. The van der Waals surface area contributed by atoms with Crippen LogP contribution in [0.2, 0.25) is 0 Å². The van der Waals surface area contributed by atoms with Crippen molar-refractivity contribution in [2.75, 3.05) is 0 Å². The Kier molecular flexibility index (Phi) is 2.48. The second-order valence-electron chi connectivity index (χ2n) is 4.29. The van der Waals surface area contributed by atoms with E-state index in [1.54, 1.807) is 30.6 Å². The smallest absolute Gasteiger partial charge is 0.193 e. The van der Waals surface area contributed by atoms with Crippen LogP contribution in [0.1, 0.15) is 27.0 Å². The minimum Gasteiger partial charge on any atom is -0.289 e. The molecule has 1 aliphatic rings. The van der Waals surface area contributed by atoms with Gasteiger partial charge in [0.15, 0.2) is 5.78 Å². The van der Waals surface area contributed by atoms with E-state index in [0.29, 0.717) is 16.8 Å². The third-order valence-corrected chi connectivity index (χ3v) is 3.26. The van der Waals surface area contributed by atoms with Gasteiger partial charge in [0, 0.05) is 23.5 Å². The number of rotatable bonds is 1. The molecule has 0 bridgehead atoms. The molecule has 0 N–H and O–H groups in total. The fourth-order valence-corrected chi connectivity index (χ4v) is 2.31. The molecule has 4 heteroatoms. The molecule has 2 aromatic rings. The Balaban J connectivity index is 2.20. The highest BCUT2D eigenvalue weighted by atomic mass is 16.3. The number of aromatic nitrogens is 1. The van der Waals surface area contributed by atoms with E-state index in [0.717, 1.165) is 24.0 Å². The summed E-state index contributed by atoms with van der Waals surface area (Å²) >= 11 is 0. The van der Waals surface area contributed by atoms with E-state index >= 15 is 0 Å². The lowest BCUT2D eigenvalue weighted by atomic mass is 9.99. The predicted molar refractivity (Wildman–Crippen MR) is 67.0 cm³/mol. The van der Waals surface area contributed by atoms with Gasteiger partial charge in [-0.1, -0.05) is 6.07 Å². The highest BCUT2D eigenvalue weighted by Gasteiger charge is 2.21. The normalized spacial score (nSPS) is 13.4. The molecular formula is C14H10N2O2. The number of ketones is 1. The van der Waals surface area contributed by atoms with Gasteiger partial charge in [-0.25, -0.2) is 0 Å². The minimum absolute atomic E-state index is 0.0506. The quantitative estimate of drug-likeness (QED) is 0.718. The van der Waals surface area contributed by atoms with Crippen molar-refractivity contribution in [1.82, 2.24) is 4.98 Å². The van der Waals surface area contributed by atoms with E-state index in [2.05, 4.69) is 10.2 Å². The number of fused-ring (bicyclic) bond motifs is 2. The molecule has 4 nitrogen and oxygen atoms in total. The molecule has 88 valence electrons. The van der Waals surface area contributed by atoms with Crippen LogP contribution in [0.15, 0.2) is 41.8 Å². The average Bonchev–Trinajstić information content (AvgIpc) is 2.57. The number of nitrogens with zero attached hydrogens (tertiary/aromatic N) is 2. The van der Waals surface area contributed by atoms with Crippen LogP contribution < -0.4 is 0 Å². The van der Waals surface area contributed by atoms with Crippen molar-refractivity contribution in [3.8, 4) is 0 Å². The Hall–Kier alpha value is -2.36. The summed E-state index contributed by atoms with van der Waals surface area (Å²) in [7, 11) is 0. The number of nitroso groups, excluding NO2 is 1. The van der Waals surface area contributed by atoms with Gasteiger partial charge in [-0.3, -0.25) is 9.78 Å². The van der Waals surface area contributed by atoms with E-state index in [-0.39, 0.29) is 5.78 Å². The number of aryl methyl sites for hydroxylation is 2. The molecular weight excluding hydrogens is 228 g/mol. The topological polar surface area (TPSA) is 59.4 Å². The number of carbonyl (C=O) groups is 1. The van der Waals surface area contributed by atoms with Crippen LogP contribution >= 0.6 is 0 Å². The van der Waals surface area contributed by atoms with E-state index in [4.69, 9.17) is 0 Å². The van der Waals surface area contributed by atoms with Gasteiger partial charge in [0.05, 0.1) is 0 Å². The predicted octanol–water partition coefficient (Wildman–Crippen LogP) is 2.81. The van der Waals surface area contributed by atoms with Crippen molar-refractivity contribution in [2.24, 2.45) is 5.18 Å². The molecule has 0 aliphatic heterocycles. The van der Waals surface area contributed by atoms with Gasteiger partial charge in [0.1, 0.15) is 5.69 Å². The van der Waals surface area contributed by atoms with Gasteiger partial charge in [0.2, 0.25) is 0 Å². The van der Waals surface area contributed by atoms with Crippen molar-refractivity contribution in [1.29, 1.82) is 0 Å². The van der Waals surface area contributed by atoms with Crippen LogP contribution in [0.5, 0.6) is 0 Å². The van der Waals surface area contributed by atoms with Crippen LogP contribution in [0.4, 0.5) is 5.69 Å². The Morgan fingerprint density at radius 2 is 1.89 bits per heavy atom. The summed E-state index contributed by atoms with van der Waals surface area (Å²) in [6, 6.07) is 6.75. The van der Waals surface area contributed by atoms with Gasteiger partial charge in [-0.2, -0.15) is 0 Å². The molecule has 1 aromatic carbocycles. The maximum absolute atomic E-state index is 12.4. The molecule has 1 aliphatic carbocycles. The van der Waals surface area contributed by atoms with Crippen LogP contribution in [0, 0.1) is 4.91 Å². The summed E-state index contributed by atoms with van der Waals surface area (Å²) in [6.07, 6.45) is 4.91. The summed E-state index contributed by atoms with van der Waals surface area (Å²) in [5.74, 6) is -0.0506. The zero-order valence-electron chi connectivity index (χ0n) is 9.59. The Bertz CT molecular complexity index is 650. The van der Waals surface area contributed by atoms with Crippen molar-refractivity contribution in [2.45, 2.75) is 12.8 Å². The standard InChI is InChI=1S/C14H10N2O2/c17-14-12-5-6-15-8-10(12)2-1-9-3-4-11(16-18)7-13(9)14/h3-8H,1-2H2. The van der Waals surface area contributed by atoms with Gasteiger partial charge in [-0.15, -0.1) is 4.91 Å². The molecule has 0 atom stereocenters. The Morgan fingerprint density at radius 1 is 1.06 bits per heavy atom. The second kappa shape index (κ2) is 4.14. The molecule has 0 fully saturated rings. The summed E-state index contributed by atoms with van der Waals surface area (Å²) in [6.45, 7) is 0. The largest absolute Gasteiger partial charge is 0.289 e. The van der Waals surface area contributed by atoms with Crippen molar-refractivity contribution >= 4 is 11.5 Å². The molecule has 1 heterocycles. The minimum atomic E-state index is -0.0506. The van der Waals surface area contributed by atoms with Crippen molar-refractivity contribution in [3.05, 3.63) is 63.8 Å². The molecule has 0 spiro atoms. The molecule has 0 saturated carbocycles. The molecule has 0 amide bonds. The van der Waals surface area contributed by atoms with E-state index in [1.165, 1.54) is 0 Å².